The van der Waals surface area contributed by atoms with Crippen molar-refractivity contribution in [1.29, 1.82) is 0 Å². The number of fused-ring (bicyclic) bond motifs is 1. The van der Waals surface area contributed by atoms with Gasteiger partial charge in [0.15, 0.2) is 0 Å². The Labute approximate surface area is 139 Å². The summed E-state index contributed by atoms with van der Waals surface area (Å²) in [6.07, 6.45) is 0. The molecular formula is C18H17NO5. The number of methoxy groups -OCH3 is 2. The molecule has 0 spiro atoms. The van der Waals surface area contributed by atoms with Gasteiger partial charge in [-0.3, -0.25) is 14.8 Å². The first-order valence-electron chi connectivity index (χ1n) is 7.38. The van der Waals surface area contributed by atoms with Crippen LogP contribution in [-0.4, -0.2) is 31.4 Å². The lowest BCUT2D eigenvalue weighted by Gasteiger charge is -2.32. The number of ether oxygens (including phenoxy) is 2. The molecule has 124 valence electrons. The molecule has 1 atom stereocenters. The molecule has 1 aliphatic rings. The molecule has 1 heterocycles. The van der Waals surface area contributed by atoms with Gasteiger partial charge in [0, 0.05) is 5.56 Å². The van der Waals surface area contributed by atoms with E-state index < -0.39 is 23.4 Å². The van der Waals surface area contributed by atoms with Crippen molar-refractivity contribution >= 4 is 17.6 Å². The molecule has 2 aromatic rings. The number of esters is 2. The van der Waals surface area contributed by atoms with Gasteiger partial charge in [-0.2, -0.15) is 0 Å². The van der Waals surface area contributed by atoms with Crippen LogP contribution in [0.4, 0.5) is 5.69 Å². The first-order chi connectivity index (χ1) is 11.6. The van der Waals surface area contributed by atoms with Gasteiger partial charge in [0.05, 0.1) is 19.9 Å². The Morgan fingerprint density at radius 2 is 1.50 bits per heavy atom. The smallest absolute Gasteiger partial charge is 0.330 e. The molecule has 2 aromatic carbocycles. The highest BCUT2D eigenvalue weighted by Gasteiger charge is 2.64. The molecule has 0 saturated carbocycles. The Bertz CT molecular complexity index is 758. The number of benzene rings is 2. The third kappa shape index (κ3) is 2.00. The number of hydrogen-bond donors (Lipinski definition) is 1. The van der Waals surface area contributed by atoms with Gasteiger partial charge < -0.3 is 9.47 Å². The van der Waals surface area contributed by atoms with Gasteiger partial charge in [0.2, 0.25) is 5.41 Å². The third-order valence-corrected chi connectivity index (χ3v) is 4.36. The molecule has 6 nitrogen and oxygen atoms in total. The Morgan fingerprint density at radius 3 is 2.08 bits per heavy atom. The second-order valence-corrected chi connectivity index (χ2v) is 5.47. The van der Waals surface area contributed by atoms with Gasteiger partial charge in [-0.05, 0) is 11.6 Å². The second-order valence-electron chi connectivity index (χ2n) is 5.47. The maximum absolute atomic E-state index is 12.8. The first-order valence-corrected chi connectivity index (χ1v) is 7.38. The largest absolute Gasteiger partial charge is 0.468 e. The highest BCUT2D eigenvalue weighted by molar-refractivity contribution is 6.10. The fraction of sp³-hybridized carbons (Fsp3) is 0.222. The van der Waals surface area contributed by atoms with E-state index in [1.165, 1.54) is 14.2 Å². The number of rotatable bonds is 3. The highest BCUT2D eigenvalue weighted by atomic mass is 16.6. The third-order valence-electron chi connectivity index (χ3n) is 4.36. The zero-order chi connectivity index (χ0) is 17.3. The number of para-hydroxylation sites is 1. The van der Waals surface area contributed by atoms with Crippen LogP contribution in [0.1, 0.15) is 17.2 Å². The standard InChI is InChI=1S/C18H17NO5/c1-23-16(20)18(17(21)24-2)13-10-6-7-11-14(13)19(22)15(18)12-8-4-3-5-9-12/h3-11,15,22H,1-2H3. The molecule has 0 fully saturated rings. The second kappa shape index (κ2) is 5.98. The maximum atomic E-state index is 12.8. The number of anilines is 1. The van der Waals surface area contributed by atoms with Gasteiger partial charge in [-0.15, -0.1) is 0 Å². The summed E-state index contributed by atoms with van der Waals surface area (Å²) >= 11 is 0. The van der Waals surface area contributed by atoms with Crippen LogP contribution < -0.4 is 5.06 Å². The summed E-state index contributed by atoms with van der Waals surface area (Å²) in [5, 5.41) is 11.7. The van der Waals surface area contributed by atoms with Crippen LogP contribution in [0.5, 0.6) is 0 Å². The fourth-order valence-corrected chi connectivity index (χ4v) is 3.35. The van der Waals surface area contributed by atoms with Gasteiger partial charge in [-0.25, -0.2) is 5.06 Å². The van der Waals surface area contributed by atoms with Crippen molar-refractivity contribution in [3.05, 3.63) is 65.7 Å². The minimum Gasteiger partial charge on any atom is -0.468 e. The quantitative estimate of drug-likeness (QED) is 0.688. The van der Waals surface area contributed by atoms with E-state index in [1.54, 1.807) is 48.5 Å². The van der Waals surface area contributed by atoms with E-state index in [9.17, 15) is 14.8 Å². The van der Waals surface area contributed by atoms with Crippen molar-refractivity contribution in [2.75, 3.05) is 19.3 Å². The minimum atomic E-state index is -1.81. The molecule has 6 heteroatoms. The van der Waals surface area contributed by atoms with Crippen LogP contribution in [0.15, 0.2) is 54.6 Å². The minimum absolute atomic E-state index is 0.347. The highest BCUT2D eigenvalue weighted by Crippen LogP contribution is 2.53. The van der Waals surface area contributed by atoms with Crippen molar-refractivity contribution < 1.29 is 24.3 Å². The van der Waals surface area contributed by atoms with Gasteiger partial charge in [0.25, 0.3) is 0 Å². The SMILES string of the molecule is COC(=O)C1(C(=O)OC)c2ccccc2N(O)C1c1ccccc1. The van der Waals surface area contributed by atoms with E-state index in [0.29, 0.717) is 16.8 Å². The lowest BCUT2D eigenvalue weighted by Crippen LogP contribution is -2.50. The van der Waals surface area contributed by atoms with E-state index in [0.717, 1.165) is 5.06 Å². The lowest BCUT2D eigenvalue weighted by molar-refractivity contribution is -0.163. The van der Waals surface area contributed by atoms with Crippen LogP contribution in [0.25, 0.3) is 0 Å². The molecule has 1 aliphatic heterocycles. The average molecular weight is 327 g/mol. The first kappa shape index (κ1) is 16.0. The van der Waals surface area contributed by atoms with E-state index in [-0.39, 0.29) is 0 Å². The lowest BCUT2D eigenvalue weighted by atomic mass is 9.74. The van der Waals surface area contributed by atoms with Gasteiger partial charge in [0.1, 0.15) is 6.04 Å². The molecule has 1 unspecified atom stereocenters. The van der Waals surface area contributed by atoms with E-state index >= 15 is 0 Å². The summed E-state index contributed by atoms with van der Waals surface area (Å²) in [6, 6.07) is 14.5. The zero-order valence-corrected chi connectivity index (χ0v) is 13.3. The molecular weight excluding hydrogens is 310 g/mol. The maximum Gasteiger partial charge on any atom is 0.330 e. The van der Waals surface area contributed by atoms with Crippen LogP contribution >= 0.6 is 0 Å². The van der Waals surface area contributed by atoms with Gasteiger partial charge >= 0.3 is 11.9 Å². The average Bonchev–Trinajstić information content (AvgIpc) is 2.91. The van der Waals surface area contributed by atoms with E-state index in [4.69, 9.17) is 9.47 Å². The predicted molar refractivity (Wildman–Crippen MR) is 85.6 cm³/mol. The molecule has 0 saturated heterocycles. The van der Waals surface area contributed by atoms with Gasteiger partial charge in [-0.1, -0.05) is 48.5 Å². The number of carbonyl (C=O) groups is 2. The Balaban J connectivity index is 2.35. The van der Waals surface area contributed by atoms with Crippen molar-refractivity contribution in [2.24, 2.45) is 0 Å². The van der Waals surface area contributed by atoms with Crippen molar-refractivity contribution in [3.63, 3.8) is 0 Å². The summed E-state index contributed by atoms with van der Waals surface area (Å²) in [6.45, 7) is 0. The number of hydrogen-bond acceptors (Lipinski definition) is 6. The Morgan fingerprint density at radius 1 is 0.958 bits per heavy atom. The molecule has 3 rings (SSSR count). The zero-order valence-electron chi connectivity index (χ0n) is 13.3. The van der Waals surface area contributed by atoms with Crippen LogP contribution in [-0.2, 0) is 24.5 Å². The summed E-state index contributed by atoms with van der Waals surface area (Å²) in [5.41, 5.74) is -0.509. The fourth-order valence-electron chi connectivity index (χ4n) is 3.35. The molecule has 0 aliphatic carbocycles. The van der Waals surface area contributed by atoms with Crippen LogP contribution in [0.3, 0.4) is 0 Å². The van der Waals surface area contributed by atoms with E-state index in [1.807, 2.05) is 6.07 Å². The molecule has 0 aromatic heterocycles. The predicted octanol–water partition coefficient (Wildman–Crippen LogP) is 2.22. The molecule has 0 bridgehead atoms. The van der Waals surface area contributed by atoms with Crippen molar-refractivity contribution in [3.8, 4) is 0 Å². The Kier molecular flexibility index (Phi) is 3.99. The summed E-state index contributed by atoms with van der Waals surface area (Å²) in [7, 11) is 2.41. The van der Waals surface area contributed by atoms with Crippen molar-refractivity contribution in [2.45, 2.75) is 11.5 Å². The Hall–Kier alpha value is -2.86. The topological polar surface area (TPSA) is 76.1 Å². The molecule has 1 N–H and O–H groups in total. The normalized spacial score (nSPS) is 18.0. The molecule has 0 amide bonds. The van der Waals surface area contributed by atoms with Crippen LogP contribution in [0, 0.1) is 0 Å². The van der Waals surface area contributed by atoms with E-state index in [2.05, 4.69) is 0 Å². The summed E-state index contributed by atoms with van der Waals surface area (Å²) < 4.78 is 9.88. The van der Waals surface area contributed by atoms with Crippen molar-refractivity contribution in [1.82, 2.24) is 0 Å². The number of carbonyl (C=O) groups excluding carboxylic acids is 2. The summed E-state index contributed by atoms with van der Waals surface area (Å²) in [5.74, 6) is -1.57. The molecule has 24 heavy (non-hydrogen) atoms. The number of hydroxylamine groups is 1. The summed E-state index contributed by atoms with van der Waals surface area (Å²) in [4.78, 5) is 25.5. The monoisotopic (exact) mass is 327 g/mol. The molecule has 0 radical (unpaired) electrons. The van der Waals surface area contributed by atoms with Crippen LogP contribution in [0.2, 0.25) is 0 Å². The number of nitrogens with zero attached hydrogens (tertiary/aromatic N) is 1.